The number of hydrogen-bond acceptors (Lipinski definition) is 2. The summed E-state index contributed by atoms with van der Waals surface area (Å²) in [5.74, 6) is -0.0788. The van der Waals surface area contributed by atoms with Crippen molar-refractivity contribution in [3.63, 3.8) is 0 Å². The fraction of sp³-hybridized carbons (Fsp3) is 0.480. The molecule has 0 saturated carbocycles. The van der Waals surface area contributed by atoms with E-state index in [0.29, 0.717) is 6.42 Å². The summed E-state index contributed by atoms with van der Waals surface area (Å²) < 4.78 is 6.30. The summed E-state index contributed by atoms with van der Waals surface area (Å²) in [5, 5.41) is 0. The van der Waals surface area contributed by atoms with Crippen LogP contribution in [-0.4, -0.2) is 12.1 Å². The van der Waals surface area contributed by atoms with Crippen LogP contribution in [0.5, 0.6) is 0 Å². The van der Waals surface area contributed by atoms with Crippen molar-refractivity contribution >= 4 is 5.97 Å². The van der Waals surface area contributed by atoms with Crippen LogP contribution in [0.3, 0.4) is 0 Å². The van der Waals surface area contributed by atoms with Crippen molar-refractivity contribution in [2.75, 3.05) is 0 Å². The van der Waals surface area contributed by atoms with Gasteiger partial charge in [-0.3, -0.25) is 4.79 Å². The highest BCUT2D eigenvalue weighted by atomic mass is 16.5. The van der Waals surface area contributed by atoms with Gasteiger partial charge in [0.2, 0.25) is 0 Å². The van der Waals surface area contributed by atoms with Crippen LogP contribution in [-0.2, 0) is 25.8 Å². The monoisotopic (exact) mass is 362 g/mol. The molecule has 2 aromatic carbocycles. The van der Waals surface area contributed by atoms with E-state index in [1.807, 2.05) is 6.92 Å². The van der Waals surface area contributed by atoms with E-state index in [9.17, 15) is 4.79 Å². The number of benzene rings is 2. The Kier molecular flexibility index (Phi) is 4.03. The van der Waals surface area contributed by atoms with Gasteiger partial charge in [0, 0.05) is 11.8 Å². The molecule has 0 amide bonds. The minimum Gasteiger partial charge on any atom is -0.460 e. The molecule has 0 radical (unpaired) electrons. The van der Waals surface area contributed by atoms with E-state index < -0.39 is 0 Å². The molecule has 27 heavy (non-hydrogen) atoms. The van der Waals surface area contributed by atoms with E-state index in [2.05, 4.69) is 76.2 Å². The Labute approximate surface area is 162 Å². The van der Waals surface area contributed by atoms with E-state index in [-0.39, 0.29) is 28.3 Å². The quantitative estimate of drug-likeness (QED) is 0.659. The van der Waals surface area contributed by atoms with Gasteiger partial charge >= 0.3 is 5.97 Å². The number of fused-ring (bicyclic) bond motifs is 4. The van der Waals surface area contributed by atoms with Crippen LogP contribution in [0.25, 0.3) is 0 Å². The van der Waals surface area contributed by atoms with E-state index in [0.717, 1.165) is 12.8 Å². The highest BCUT2D eigenvalue weighted by Crippen LogP contribution is 2.63. The van der Waals surface area contributed by atoms with Gasteiger partial charge in [0.1, 0.15) is 6.10 Å². The molecule has 0 fully saturated rings. The average molecular weight is 363 g/mol. The fourth-order valence-electron chi connectivity index (χ4n) is 5.80. The van der Waals surface area contributed by atoms with Crippen LogP contribution in [0.2, 0.25) is 0 Å². The maximum Gasteiger partial charge on any atom is 0.306 e. The molecule has 2 aliphatic rings. The van der Waals surface area contributed by atoms with Gasteiger partial charge in [-0.25, -0.2) is 0 Å². The number of esters is 1. The zero-order valence-electron chi connectivity index (χ0n) is 17.1. The Morgan fingerprint density at radius 2 is 1.44 bits per heavy atom. The van der Waals surface area contributed by atoms with Crippen LogP contribution < -0.4 is 0 Å². The van der Waals surface area contributed by atoms with E-state index >= 15 is 0 Å². The molecule has 142 valence electrons. The van der Waals surface area contributed by atoms with E-state index in [1.54, 1.807) is 0 Å². The molecule has 0 bridgehead atoms. The second-order valence-corrected chi connectivity index (χ2v) is 9.46. The molecule has 2 unspecified atom stereocenters. The first kappa shape index (κ1) is 18.3. The van der Waals surface area contributed by atoms with Crippen molar-refractivity contribution in [1.29, 1.82) is 0 Å². The van der Waals surface area contributed by atoms with Crippen molar-refractivity contribution in [3.8, 4) is 0 Å². The van der Waals surface area contributed by atoms with Crippen LogP contribution in [0, 0.1) is 0 Å². The van der Waals surface area contributed by atoms with Gasteiger partial charge in [0.05, 0.1) is 5.41 Å². The minimum atomic E-state index is -0.274. The maximum absolute atomic E-state index is 12.6. The molecular weight excluding hydrogens is 332 g/mol. The van der Waals surface area contributed by atoms with Crippen molar-refractivity contribution in [3.05, 3.63) is 70.8 Å². The normalized spacial score (nSPS) is 26.6. The molecule has 2 aliphatic carbocycles. The largest absolute Gasteiger partial charge is 0.460 e. The predicted octanol–water partition coefficient (Wildman–Crippen LogP) is 5.66. The van der Waals surface area contributed by atoms with Gasteiger partial charge in [-0.1, -0.05) is 83.1 Å². The summed E-state index contributed by atoms with van der Waals surface area (Å²) in [6.07, 6.45) is 2.06. The van der Waals surface area contributed by atoms with Gasteiger partial charge in [-0.2, -0.15) is 0 Å². The second kappa shape index (κ2) is 5.95. The highest BCUT2D eigenvalue weighted by Gasteiger charge is 2.64. The third kappa shape index (κ3) is 2.42. The van der Waals surface area contributed by atoms with Gasteiger partial charge in [0.25, 0.3) is 0 Å². The summed E-state index contributed by atoms with van der Waals surface area (Å²) in [6.45, 7) is 11.1. The first-order valence-electron chi connectivity index (χ1n) is 10.1. The average Bonchev–Trinajstić information content (AvgIpc) is 2.98. The fourth-order valence-corrected chi connectivity index (χ4v) is 5.80. The lowest BCUT2D eigenvalue weighted by Crippen LogP contribution is -2.46. The Bertz CT molecular complexity index is 880. The number of rotatable bonds is 3. The van der Waals surface area contributed by atoms with E-state index in [1.165, 1.54) is 22.3 Å². The lowest BCUT2D eigenvalue weighted by atomic mass is 9.70. The van der Waals surface area contributed by atoms with Gasteiger partial charge in [0.15, 0.2) is 0 Å². The number of carbonyl (C=O) groups is 1. The molecule has 2 atom stereocenters. The lowest BCUT2D eigenvalue weighted by Gasteiger charge is -2.39. The maximum atomic E-state index is 12.6. The first-order valence-corrected chi connectivity index (χ1v) is 10.1. The summed E-state index contributed by atoms with van der Waals surface area (Å²) in [7, 11) is 0. The first-order chi connectivity index (χ1) is 12.7. The third-order valence-corrected chi connectivity index (χ3v) is 6.77. The number of carbonyl (C=O) groups excluding carboxylic acids is 1. The smallest absolute Gasteiger partial charge is 0.306 e. The van der Waals surface area contributed by atoms with Crippen LogP contribution >= 0.6 is 0 Å². The Hall–Kier alpha value is -2.09. The SMILES string of the molecule is CCCC(=O)OC1C(C)(C)c2ccccc2C12CC(C)(C)c1ccccc12. The standard InChI is InChI=1S/C25H30O2/c1-6-11-21(26)27-22-24(4,5)18-13-8-10-15-20(18)25(22)16-23(2,3)17-12-7-9-14-19(17)25/h7-10,12-15,22H,6,11,16H2,1-5H3. The van der Waals surface area contributed by atoms with Crippen LogP contribution in [0.1, 0.15) is 76.1 Å². The summed E-state index contributed by atoms with van der Waals surface area (Å²) in [6, 6.07) is 17.5. The molecule has 1 spiro atoms. The van der Waals surface area contributed by atoms with Gasteiger partial charge in [-0.05, 0) is 40.5 Å². The van der Waals surface area contributed by atoms with Gasteiger partial charge < -0.3 is 4.74 Å². The molecular formula is C25H30O2. The van der Waals surface area contributed by atoms with E-state index in [4.69, 9.17) is 4.74 Å². The molecule has 0 heterocycles. The predicted molar refractivity (Wildman–Crippen MR) is 109 cm³/mol. The van der Waals surface area contributed by atoms with Crippen LogP contribution in [0.15, 0.2) is 48.5 Å². The van der Waals surface area contributed by atoms with Crippen molar-refractivity contribution in [1.82, 2.24) is 0 Å². The topological polar surface area (TPSA) is 26.3 Å². The molecule has 0 aliphatic heterocycles. The molecule has 0 saturated heterocycles. The van der Waals surface area contributed by atoms with Crippen molar-refractivity contribution < 1.29 is 9.53 Å². The minimum absolute atomic E-state index is 0.0412. The molecule has 2 aromatic rings. The van der Waals surface area contributed by atoms with Crippen molar-refractivity contribution in [2.45, 2.75) is 76.2 Å². The Morgan fingerprint density at radius 3 is 2.04 bits per heavy atom. The summed E-state index contributed by atoms with van der Waals surface area (Å²) in [4.78, 5) is 12.6. The van der Waals surface area contributed by atoms with Crippen LogP contribution in [0.4, 0.5) is 0 Å². The molecule has 2 nitrogen and oxygen atoms in total. The third-order valence-electron chi connectivity index (χ3n) is 6.77. The molecule has 4 rings (SSSR count). The van der Waals surface area contributed by atoms with Gasteiger partial charge in [-0.15, -0.1) is 0 Å². The zero-order chi connectivity index (χ0) is 19.4. The Morgan fingerprint density at radius 1 is 0.926 bits per heavy atom. The molecule has 0 aromatic heterocycles. The number of hydrogen-bond donors (Lipinski definition) is 0. The number of ether oxygens (including phenoxy) is 1. The zero-order valence-corrected chi connectivity index (χ0v) is 17.1. The van der Waals surface area contributed by atoms with Crippen molar-refractivity contribution in [2.24, 2.45) is 0 Å². The summed E-state index contributed by atoms with van der Waals surface area (Å²) >= 11 is 0. The Balaban J connectivity index is 1.98. The lowest BCUT2D eigenvalue weighted by molar-refractivity contribution is -0.155. The molecule has 2 heteroatoms. The second-order valence-electron chi connectivity index (χ2n) is 9.46. The highest BCUT2D eigenvalue weighted by molar-refractivity contribution is 5.71. The molecule has 0 N–H and O–H groups in total. The summed E-state index contributed by atoms with van der Waals surface area (Å²) in [5.41, 5.74) is 4.90.